The zero-order chi connectivity index (χ0) is 15.2. The molecule has 1 aromatic heterocycles. The van der Waals surface area contributed by atoms with Gasteiger partial charge < -0.3 is 10.4 Å². The molecular formula is C10H13N4O5S. The van der Waals surface area contributed by atoms with E-state index in [1.165, 1.54) is 24.0 Å². The van der Waals surface area contributed by atoms with E-state index in [4.69, 9.17) is 0 Å². The topological polar surface area (TPSA) is 131 Å². The number of carbonyl (C=O) groups excluding carboxylic acids is 1. The lowest BCUT2D eigenvalue weighted by Gasteiger charge is -2.28. The van der Waals surface area contributed by atoms with Gasteiger partial charge in [-0.15, -0.1) is 5.10 Å². The quantitative estimate of drug-likeness (QED) is 0.446. The number of carbonyl (C=O) groups is 2. The van der Waals surface area contributed by atoms with Crippen molar-refractivity contribution in [1.29, 1.82) is 0 Å². The van der Waals surface area contributed by atoms with Gasteiger partial charge >= 0.3 is 5.97 Å². The molecule has 0 amide bonds. The van der Waals surface area contributed by atoms with Gasteiger partial charge in [-0.25, -0.2) is 4.79 Å². The molecule has 10 heteroatoms. The average Bonchev–Trinajstić information content (AvgIpc) is 2.86. The van der Waals surface area contributed by atoms with Crippen molar-refractivity contribution in [3.63, 3.8) is 0 Å². The molecule has 1 heterocycles. The largest absolute Gasteiger partial charge is 0.480 e. The summed E-state index contributed by atoms with van der Waals surface area (Å²) >= 11 is 0. The average molecular weight is 301 g/mol. The number of aldehydes is 1. The van der Waals surface area contributed by atoms with Gasteiger partial charge in [0.25, 0.3) is 0 Å². The first kappa shape index (κ1) is 15.7. The van der Waals surface area contributed by atoms with Crippen LogP contribution in [-0.4, -0.2) is 51.6 Å². The maximum absolute atomic E-state index is 11.5. The third kappa shape index (κ3) is 3.57. The van der Waals surface area contributed by atoms with Gasteiger partial charge in [0.15, 0.2) is 10.7 Å². The molecule has 0 fully saturated rings. The molecule has 0 spiro atoms. The molecule has 1 rings (SSSR count). The van der Waals surface area contributed by atoms with E-state index in [0.29, 0.717) is 6.29 Å². The summed E-state index contributed by atoms with van der Waals surface area (Å²) in [5.41, 5.74) is 0. The first-order chi connectivity index (χ1) is 9.41. The van der Waals surface area contributed by atoms with Crippen LogP contribution in [0.25, 0.3) is 0 Å². The Morgan fingerprint density at radius 2 is 2.30 bits per heavy atom. The number of rotatable bonds is 8. The fourth-order valence-electron chi connectivity index (χ4n) is 1.58. The van der Waals surface area contributed by atoms with E-state index in [0.717, 1.165) is 12.3 Å². The van der Waals surface area contributed by atoms with Gasteiger partial charge in [0.05, 0.1) is 12.7 Å². The summed E-state index contributed by atoms with van der Waals surface area (Å²) in [6, 6.07) is -1.46. The first-order valence-electron chi connectivity index (χ1n) is 5.44. The molecule has 109 valence electrons. The summed E-state index contributed by atoms with van der Waals surface area (Å²) in [4.78, 5) is 21.4. The van der Waals surface area contributed by atoms with E-state index < -0.39 is 27.5 Å². The van der Waals surface area contributed by atoms with Crippen molar-refractivity contribution in [2.45, 2.75) is 24.3 Å². The van der Waals surface area contributed by atoms with E-state index in [2.05, 4.69) is 15.6 Å². The predicted octanol–water partition coefficient (Wildman–Crippen LogP) is -1.33. The number of nitrogens with zero attached hydrogens (tertiary/aromatic N) is 3. The first-order valence-corrected chi connectivity index (χ1v) is 6.52. The Balaban J connectivity index is 3.09. The minimum atomic E-state index is -2.71. The highest BCUT2D eigenvalue weighted by Gasteiger charge is 2.44. The number of hydrogen-bond acceptors (Lipinski definition) is 7. The maximum Gasteiger partial charge on any atom is 0.328 e. The monoisotopic (exact) mass is 301 g/mol. The number of nitrogens with one attached hydrogen (secondary N) is 1. The third-order valence-electron chi connectivity index (χ3n) is 2.62. The van der Waals surface area contributed by atoms with Crippen LogP contribution in [0.5, 0.6) is 0 Å². The van der Waals surface area contributed by atoms with Crippen molar-refractivity contribution in [2.24, 2.45) is 0 Å². The highest BCUT2D eigenvalue weighted by atomic mass is 32.2. The summed E-state index contributed by atoms with van der Waals surface area (Å²) in [5.74, 6) is -1.37. The molecule has 0 saturated heterocycles. The molecule has 0 aliphatic carbocycles. The van der Waals surface area contributed by atoms with Gasteiger partial charge in [-0.05, 0) is 13.0 Å². The van der Waals surface area contributed by atoms with E-state index in [9.17, 15) is 23.1 Å². The molecule has 2 N–H and O–H groups in total. The second-order valence-electron chi connectivity index (χ2n) is 4.08. The van der Waals surface area contributed by atoms with Crippen LogP contribution < -0.4 is 5.32 Å². The fraction of sp³-hybridized carbons (Fsp3) is 0.400. The Morgan fingerprint density at radius 1 is 1.60 bits per heavy atom. The number of allylic oxidation sites excluding steroid dienone is 1. The van der Waals surface area contributed by atoms with Crippen molar-refractivity contribution in [2.75, 3.05) is 0 Å². The number of aromatic nitrogens is 3. The molecule has 0 aliphatic heterocycles. The molecule has 20 heavy (non-hydrogen) atoms. The molecule has 1 aromatic rings. The molecule has 0 saturated carbocycles. The standard InChI is InChI=1S/C10H13N4O5S/c1-10(20(18)19,7-14-5-4-12-13-14)8(9(16)17)11-3-2-6-15/h2-6,8,11H,7H2,1H3,(H,16,17)/b3-2+/t8-,10-/m0/s1. The normalized spacial score (nSPS) is 15.4. The summed E-state index contributed by atoms with van der Waals surface area (Å²) in [7, 11) is -2.71. The van der Waals surface area contributed by atoms with Crippen LogP contribution in [0.15, 0.2) is 24.7 Å². The Kier molecular flexibility index (Phi) is 5.26. The van der Waals surface area contributed by atoms with Gasteiger partial charge in [-0.3, -0.25) is 9.48 Å². The van der Waals surface area contributed by atoms with Crippen LogP contribution in [-0.2, 0) is 26.8 Å². The van der Waals surface area contributed by atoms with Crippen molar-refractivity contribution in [3.05, 3.63) is 24.7 Å². The van der Waals surface area contributed by atoms with Crippen LogP contribution in [0.3, 0.4) is 0 Å². The molecule has 1 radical (unpaired) electrons. The van der Waals surface area contributed by atoms with Crippen LogP contribution >= 0.6 is 0 Å². The van der Waals surface area contributed by atoms with Crippen LogP contribution in [0.4, 0.5) is 0 Å². The van der Waals surface area contributed by atoms with Gasteiger partial charge in [0, 0.05) is 12.4 Å². The molecule has 2 atom stereocenters. The number of aliphatic carboxylic acids is 1. The fourth-order valence-corrected chi connectivity index (χ4v) is 2.18. The molecule has 0 aromatic carbocycles. The van der Waals surface area contributed by atoms with Crippen molar-refractivity contribution < 1.29 is 23.1 Å². The Hall–Kier alpha value is -2.36. The van der Waals surface area contributed by atoms with Crippen LogP contribution in [0.2, 0.25) is 0 Å². The van der Waals surface area contributed by atoms with Gasteiger partial charge in [0.2, 0.25) is 0 Å². The van der Waals surface area contributed by atoms with Crippen molar-refractivity contribution in [3.8, 4) is 0 Å². The maximum atomic E-state index is 11.5. The molecule has 0 bridgehead atoms. The van der Waals surface area contributed by atoms with E-state index in [-0.39, 0.29) is 6.54 Å². The summed E-state index contributed by atoms with van der Waals surface area (Å²) in [6.07, 6.45) is 5.32. The van der Waals surface area contributed by atoms with E-state index in [1.807, 2.05) is 0 Å². The zero-order valence-corrected chi connectivity index (χ0v) is 11.3. The Morgan fingerprint density at radius 3 is 2.75 bits per heavy atom. The highest BCUT2D eigenvalue weighted by molar-refractivity contribution is 7.74. The van der Waals surface area contributed by atoms with Gasteiger partial charge in [0.1, 0.15) is 17.1 Å². The number of carboxylic acids is 1. The number of hydrogen-bond donors (Lipinski definition) is 2. The summed E-state index contributed by atoms with van der Waals surface area (Å²) in [6.45, 7) is 1.06. The predicted molar refractivity (Wildman–Crippen MR) is 67.1 cm³/mol. The van der Waals surface area contributed by atoms with E-state index >= 15 is 0 Å². The van der Waals surface area contributed by atoms with Crippen molar-refractivity contribution in [1.82, 2.24) is 20.3 Å². The second kappa shape index (κ2) is 6.70. The minimum absolute atomic E-state index is 0.206. The summed E-state index contributed by atoms with van der Waals surface area (Å²) in [5, 5.41) is 18.7. The number of carboxylic acid groups (broad SMARTS) is 1. The lowest BCUT2D eigenvalue weighted by molar-refractivity contribution is -0.140. The van der Waals surface area contributed by atoms with E-state index in [1.54, 1.807) is 0 Å². The van der Waals surface area contributed by atoms with Crippen LogP contribution in [0, 0.1) is 0 Å². The van der Waals surface area contributed by atoms with Crippen LogP contribution in [0.1, 0.15) is 6.92 Å². The lowest BCUT2D eigenvalue weighted by Crippen LogP contribution is -2.55. The van der Waals surface area contributed by atoms with Gasteiger partial charge in [-0.2, -0.15) is 8.42 Å². The second-order valence-corrected chi connectivity index (χ2v) is 5.48. The smallest absolute Gasteiger partial charge is 0.328 e. The zero-order valence-electron chi connectivity index (χ0n) is 10.5. The SMILES string of the molecule is C[C@](Cn1ccnn1)([C@@H](N/C=C/C=O)C(=O)O)[S](=O)=O. The highest BCUT2D eigenvalue weighted by Crippen LogP contribution is 2.18. The third-order valence-corrected chi connectivity index (χ3v) is 3.75. The van der Waals surface area contributed by atoms with Gasteiger partial charge in [-0.1, -0.05) is 5.21 Å². The molecule has 9 nitrogen and oxygen atoms in total. The Labute approximate surface area is 116 Å². The molecular weight excluding hydrogens is 288 g/mol. The molecule has 0 aliphatic rings. The van der Waals surface area contributed by atoms with Crippen molar-refractivity contribution >= 4 is 23.0 Å². The minimum Gasteiger partial charge on any atom is -0.480 e. The Bertz CT molecular complexity index is 560. The molecule has 0 unspecified atom stereocenters. The lowest BCUT2D eigenvalue weighted by atomic mass is 10.0. The summed E-state index contributed by atoms with van der Waals surface area (Å²) < 4.78 is 22.5.